The van der Waals surface area contributed by atoms with Crippen LogP contribution in [-0.4, -0.2) is 13.0 Å². The monoisotopic (exact) mass is 343 g/mol. The molecule has 0 spiro atoms. The van der Waals surface area contributed by atoms with E-state index in [4.69, 9.17) is 10.00 Å². The maximum Gasteiger partial charge on any atom is 0.263 e. The molecule has 5 nitrogen and oxygen atoms in total. The molecule has 0 bridgehead atoms. The van der Waals surface area contributed by atoms with Gasteiger partial charge in [0.1, 0.15) is 29.0 Å². The molecule has 2 aromatic carbocycles. The van der Waals surface area contributed by atoms with Crippen molar-refractivity contribution in [3.05, 3.63) is 71.4 Å². The average Bonchev–Trinajstić information content (AvgIpc) is 2.63. The van der Waals surface area contributed by atoms with E-state index < -0.39 is 17.5 Å². The van der Waals surface area contributed by atoms with E-state index >= 15 is 0 Å². The van der Waals surface area contributed by atoms with Gasteiger partial charge in [0.05, 0.1) is 12.8 Å². The molecule has 0 aromatic heterocycles. The van der Waals surface area contributed by atoms with Crippen LogP contribution < -0.4 is 15.4 Å². The molecule has 25 heavy (non-hydrogen) atoms. The highest BCUT2D eigenvalue weighted by atomic mass is 19.1. The SMILES string of the molecule is COc1ccc(CNC(=O)/C(C#N)=C\Nc2cc(F)ccc2F)cc1. The number of rotatable bonds is 6. The molecule has 0 fully saturated rings. The Morgan fingerprint density at radius 1 is 1.24 bits per heavy atom. The minimum Gasteiger partial charge on any atom is -0.497 e. The summed E-state index contributed by atoms with van der Waals surface area (Å²) in [6, 6.07) is 11.6. The van der Waals surface area contributed by atoms with Gasteiger partial charge in [-0.05, 0) is 29.8 Å². The molecule has 2 aromatic rings. The number of ether oxygens (including phenoxy) is 1. The summed E-state index contributed by atoms with van der Waals surface area (Å²) >= 11 is 0. The van der Waals surface area contributed by atoms with E-state index in [1.165, 1.54) is 0 Å². The summed E-state index contributed by atoms with van der Waals surface area (Å²) in [5.41, 5.74) is 0.378. The van der Waals surface area contributed by atoms with Crippen LogP contribution in [0.4, 0.5) is 14.5 Å². The van der Waals surface area contributed by atoms with Crippen LogP contribution in [0.15, 0.2) is 54.2 Å². The van der Waals surface area contributed by atoms with Crippen LogP contribution in [0.25, 0.3) is 0 Å². The smallest absolute Gasteiger partial charge is 0.263 e. The zero-order valence-corrected chi connectivity index (χ0v) is 13.3. The first-order valence-electron chi connectivity index (χ1n) is 7.26. The van der Waals surface area contributed by atoms with Gasteiger partial charge in [0.2, 0.25) is 0 Å². The third kappa shape index (κ3) is 5.04. The van der Waals surface area contributed by atoms with E-state index in [1.807, 2.05) is 0 Å². The average molecular weight is 343 g/mol. The number of nitrogens with one attached hydrogen (secondary N) is 2. The minimum atomic E-state index is -0.700. The Hall–Kier alpha value is -3.40. The van der Waals surface area contributed by atoms with Crippen LogP contribution in [0.1, 0.15) is 5.56 Å². The van der Waals surface area contributed by atoms with Gasteiger partial charge in [-0.3, -0.25) is 4.79 Å². The van der Waals surface area contributed by atoms with Crippen LogP contribution in [0.2, 0.25) is 0 Å². The molecule has 7 heteroatoms. The van der Waals surface area contributed by atoms with Crippen molar-refractivity contribution in [2.75, 3.05) is 12.4 Å². The lowest BCUT2D eigenvalue weighted by Gasteiger charge is -2.07. The molecule has 0 aliphatic heterocycles. The summed E-state index contributed by atoms with van der Waals surface area (Å²) < 4.78 is 31.6. The number of methoxy groups -OCH3 is 1. The van der Waals surface area contributed by atoms with Crippen molar-refractivity contribution in [2.45, 2.75) is 6.54 Å². The normalized spacial score (nSPS) is 10.7. The van der Waals surface area contributed by atoms with Gasteiger partial charge >= 0.3 is 0 Å². The minimum absolute atomic E-state index is 0.171. The maximum absolute atomic E-state index is 13.5. The number of nitriles is 1. The largest absolute Gasteiger partial charge is 0.497 e. The van der Waals surface area contributed by atoms with Crippen molar-refractivity contribution in [1.29, 1.82) is 5.26 Å². The van der Waals surface area contributed by atoms with E-state index in [0.29, 0.717) is 5.75 Å². The van der Waals surface area contributed by atoms with Crippen molar-refractivity contribution in [1.82, 2.24) is 5.32 Å². The van der Waals surface area contributed by atoms with Gasteiger partial charge < -0.3 is 15.4 Å². The second-order valence-electron chi connectivity index (χ2n) is 4.97. The van der Waals surface area contributed by atoms with Gasteiger partial charge in [-0.15, -0.1) is 0 Å². The summed E-state index contributed by atoms with van der Waals surface area (Å²) in [4.78, 5) is 12.0. The summed E-state index contributed by atoms with van der Waals surface area (Å²) in [5, 5.41) is 14.1. The lowest BCUT2D eigenvalue weighted by atomic mass is 10.2. The summed E-state index contributed by atoms with van der Waals surface area (Å²) in [5.74, 6) is -1.29. The highest BCUT2D eigenvalue weighted by Gasteiger charge is 2.09. The Morgan fingerprint density at radius 2 is 1.96 bits per heavy atom. The molecule has 0 radical (unpaired) electrons. The van der Waals surface area contributed by atoms with Crippen LogP contribution >= 0.6 is 0 Å². The number of carbonyl (C=O) groups excluding carboxylic acids is 1. The zero-order chi connectivity index (χ0) is 18.2. The second kappa shape index (κ2) is 8.45. The number of hydrogen-bond acceptors (Lipinski definition) is 4. The number of amides is 1. The van der Waals surface area contributed by atoms with Gasteiger partial charge in [0, 0.05) is 18.8 Å². The first kappa shape index (κ1) is 17.9. The fraction of sp³-hybridized carbons (Fsp3) is 0.111. The topological polar surface area (TPSA) is 74.1 Å². The van der Waals surface area contributed by atoms with Crippen LogP contribution in [0, 0.1) is 23.0 Å². The maximum atomic E-state index is 13.5. The molecular formula is C18H15F2N3O2. The first-order valence-corrected chi connectivity index (χ1v) is 7.26. The Labute approximate surface area is 143 Å². The van der Waals surface area contributed by atoms with Gasteiger partial charge in [0.25, 0.3) is 5.91 Å². The highest BCUT2D eigenvalue weighted by Crippen LogP contribution is 2.15. The van der Waals surface area contributed by atoms with Crippen LogP contribution in [0.5, 0.6) is 5.75 Å². The Balaban J connectivity index is 2.00. The predicted molar refractivity (Wildman–Crippen MR) is 88.5 cm³/mol. The molecule has 0 aliphatic carbocycles. The zero-order valence-electron chi connectivity index (χ0n) is 13.3. The summed E-state index contributed by atoms with van der Waals surface area (Å²) in [6.45, 7) is 0.205. The number of nitrogens with zero attached hydrogens (tertiary/aromatic N) is 1. The van der Waals surface area contributed by atoms with Crippen molar-refractivity contribution >= 4 is 11.6 Å². The second-order valence-corrected chi connectivity index (χ2v) is 4.97. The number of benzene rings is 2. The molecule has 0 saturated heterocycles. The van der Waals surface area contributed by atoms with E-state index in [-0.39, 0.29) is 17.8 Å². The number of hydrogen-bond donors (Lipinski definition) is 2. The predicted octanol–water partition coefficient (Wildman–Crippen LogP) is 3.11. The summed E-state index contributed by atoms with van der Waals surface area (Å²) in [7, 11) is 1.55. The lowest BCUT2D eigenvalue weighted by Crippen LogP contribution is -2.24. The van der Waals surface area contributed by atoms with Crippen LogP contribution in [0.3, 0.4) is 0 Å². The van der Waals surface area contributed by atoms with Crippen molar-refractivity contribution in [3.63, 3.8) is 0 Å². The molecule has 0 aliphatic rings. The Morgan fingerprint density at radius 3 is 2.60 bits per heavy atom. The first-order chi connectivity index (χ1) is 12.0. The van der Waals surface area contributed by atoms with Crippen LogP contribution in [-0.2, 0) is 11.3 Å². The standard InChI is InChI=1S/C18H15F2N3O2/c1-25-15-5-2-12(3-6-15)10-23-18(24)13(9-21)11-22-17-8-14(19)4-7-16(17)20/h2-8,11,22H,10H2,1H3,(H,23,24)/b13-11-. The fourth-order valence-corrected chi connectivity index (χ4v) is 1.93. The van der Waals surface area contributed by atoms with E-state index in [0.717, 1.165) is 30.0 Å². The molecule has 2 N–H and O–H groups in total. The molecule has 2 rings (SSSR count). The number of anilines is 1. The number of halogens is 2. The molecular weight excluding hydrogens is 328 g/mol. The van der Waals surface area contributed by atoms with Gasteiger partial charge in [-0.2, -0.15) is 5.26 Å². The molecule has 128 valence electrons. The van der Waals surface area contributed by atoms with E-state index in [2.05, 4.69) is 10.6 Å². The van der Waals surface area contributed by atoms with Crippen molar-refractivity contribution < 1.29 is 18.3 Å². The Bertz CT molecular complexity index is 827. The van der Waals surface area contributed by atoms with Crippen molar-refractivity contribution in [3.8, 4) is 11.8 Å². The highest BCUT2D eigenvalue weighted by molar-refractivity contribution is 5.97. The third-order valence-corrected chi connectivity index (χ3v) is 3.28. The molecule has 0 heterocycles. The molecule has 0 saturated carbocycles. The van der Waals surface area contributed by atoms with Gasteiger partial charge in [-0.1, -0.05) is 12.1 Å². The Kier molecular flexibility index (Phi) is 6.07. The quantitative estimate of drug-likeness (QED) is 0.624. The van der Waals surface area contributed by atoms with E-state index in [9.17, 15) is 13.6 Å². The van der Waals surface area contributed by atoms with Gasteiger partial charge in [-0.25, -0.2) is 8.78 Å². The third-order valence-electron chi connectivity index (χ3n) is 3.28. The lowest BCUT2D eigenvalue weighted by molar-refractivity contribution is -0.117. The van der Waals surface area contributed by atoms with E-state index in [1.54, 1.807) is 37.4 Å². The molecule has 1 amide bonds. The molecule has 0 unspecified atom stereocenters. The summed E-state index contributed by atoms with van der Waals surface area (Å²) in [6.07, 6.45) is 1.03. The fourth-order valence-electron chi connectivity index (χ4n) is 1.93. The molecule has 0 atom stereocenters. The van der Waals surface area contributed by atoms with Gasteiger partial charge in [0.15, 0.2) is 0 Å². The van der Waals surface area contributed by atoms with Crippen molar-refractivity contribution in [2.24, 2.45) is 0 Å². The number of carbonyl (C=O) groups is 1.